The van der Waals surface area contributed by atoms with Gasteiger partial charge in [0.2, 0.25) is 0 Å². The Balaban J connectivity index is 0.994. The number of aliphatic hydroxyl groups excluding tert-OH is 4. The Kier molecular flexibility index (Phi) is 9.60. The van der Waals surface area contributed by atoms with Crippen LogP contribution in [0.5, 0.6) is 0 Å². The average Bonchev–Trinajstić information content (AvgIpc) is 3.61. The molecule has 0 spiro atoms. The van der Waals surface area contributed by atoms with Crippen LogP contribution in [-0.2, 0) is 33.2 Å². The van der Waals surface area contributed by atoms with Crippen LogP contribution in [0, 0.1) is 28.6 Å². The molecular weight excluding hydrogens is 640 g/mol. The van der Waals surface area contributed by atoms with Gasteiger partial charge in [-0.15, -0.1) is 0 Å². The zero-order valence-corrected chi connectivity index (χ0v) is 29.1. The second-order valence-electron chi connectivity index (χ2n) is 16.6. The van der Waals surface area contributed by atoms with Gasteiger partial charge in [-0.05, 0) is 87.0 Å². The van der Waals surface area contributed by atoms with E-state index in [0.717, 1.165) is 44.1 Å². The molecule has 4 saturated carbocycles. The number of rotatable bonds is 7. The zero-order chi connectivity index (χ0) is 35.1. The molecule has 3 heterocycles. The predicted molar refractivity (Wildman–Crippen MR) is 170 cm³/mol. The fraction of sp³-hybridized carbons (Fsp3) is 0.917. The van der Waals surface area contributed by atoms with E-state index in [1.165, 1.54) is 0 Å². The molecule has 0 aromatic carbocycles. The molecule has 0 amide bonds. The highest BCUT2D eigenvalue weighted by Crippen LogP contribution is 2.70. The van der Waals surface area contributed by atoms with Gasteiger partial charge in [0.25, 0.3) is 0 Å². The van der Waals surface area contributed by atoms with Crippen LogP contribution in [0.4, 0.5) is 0 Å². The highest BCUT2D eigenvalue weighted by molar-refractivity contribution is 5.85. The van der Waals surface area contributed by atoms with Gasteiger partial charge in [0.1, 0.15) is 37.1 Å². The maximum Gasteiger partial charge on any atom is 0.331 e. The Labute approximate surface area is 287 Å². The Morgan fingerprint density at radius 2 is 1.63 bits per heavy atom. The molecule has 7 rings (SSSR count). The van der Waals surface area contributed by atoms with Crippen molar-refractivity contribution in [1.82, 2.24) is 0 Å². The number of carbonyl (C=O) groups excluding carboxylic acids is 1. The fourth-order valence-corrected chi connectivity index (χ4v) is 11.5. The standard InChI is InChI=1S/C36H56O13/c1-18-31(49-32-30(41)29(40)28(39)25(16-37)48-32)24(44-4)14-27(46-18)47-20-5-9-33(2)22-6-10-34(3)21(19-13-26(38)45-17-19)8-12-36(34,43)23(22)7-11-35(33,42)15-20/h13,18,20-25,27-32,37,39-43H,5-12,14-17H2,1-4H3/t18-,20+,21+,22-,23+,24+,25+,27-,28+,29-,30+,31+,32-,33-,34-,35-,36+/m1/s1. The molecule has 7 aliphatic rings. The minimum absolute atomic E-state index is 0.0724. The molecule has 0 aromatic rings. The molecule has 6 N–H and O–H groups in total. The molecule has 13 nitrogen and oxygen atoms in total. The normalized spacial score (nSPS) is 54.4. The summed E-state index contributed by atoms with van der Waals surface area (Å²) in [4.78, 5) is 11.9. The van der Waals surface area contributed by atoms with Crippen LogP contribution in [-0.4, -0.2) is 130 Å². The van der Waals surface area contributed by atoms with Crippen LogP contribution in [0.1, 0.15) is 85.0 Å². The van der Waals surface area contributed by atoms with E-state index in [1.54, 1.807) is 20.1 Å². The summed E-state index contributed by atoms with van der Waals surface area (Å²) in [5.74, 6) is 0.0783. The Bertz CT molecular complexity index is 1280. The maximum atomic E-state index is 12.5. The van der Waals surface area contributed by atoms with E-state index in [1.807, 2.05) is 0 Å². The monoisotopic (exact) mass is 696 g/mol. The number of hydrogen-bond donors (Lipinski definition) is 6. The third kappa shape index (κ3) is 5.65. The summed E-state index contributed by atoms with van der Waals surface area (Å²) in [6.07, 6.45) is -1.10. The van der Waals surface area contributed by atoms with Gasteiger partial charge in [0, 0.05) is 31.4 Å². The number of carbonyl (C=O) groups is 1. The molecule has 0 bridgehead atoms. The van der Waals surface area contributed by atoms with Crippen LogP contribution in [0.25, 0.3) is 0 Å². The molecule has 0 aromatic heterocycles. The van der Waals surface area contributed by atoms with Crippen molar-refractivity contribution in [3.8, 4) is 0 Å². The molecule has 0 radical (unpaired) electrons. The van der Waals surface area contributed by atoms with E-state index in [2.05, 4.69) is 13.8 Å². The third-order valence-corrected chi connectivity index (χ3v) is 14.5. The van der Waals surface area contributed by atoms with Crippen molar-refractivity contribution >= 4 is 5.97 Å². The highest BCUT2D eigenvalue weighted by atomic mass is 16.7. The number of aliphatic hydroxyl groups is 6. The summed E-state index contributed by atoms with van der Waals surface area (Å²) in [7, 11) is 1.55. The molecule has 13 heteroatoms. The third-order valence-electron chi connectivity index (χ3n) is 14.5. The van der Waals surface area contributed by atoms with Crippen molar-refractivity contribution < 1.29 is 63.9 Å². The van der Waals surface area contributed by atoms with E-state index in [-0.39, 0.29) is 40.7 Å². The quantitative estimate of drug-likeness (QED) is 0.164. The molecule has 278 valence electrons. The largest absolute Gasteiger partial charge is 0.458 e. The molecule has 2 saturated heterocycles. The van der Waals surface area contributed by atoms with Crippen molar-refractivity contribution in [2.24, 2.45) is 28.6 Å². The summed E-state index contributed by atoms with van der Waals surface area (Å²) in [6, 6.07) is 0. The zero-order valence-electron chi connectivity index (χ0n) is 29.1. The molecule has 0 unspecified atom stereocenters. The number of hydrogen-bond acceptors (Lipinski definition) is 13. The van der Waals surface area contributed by atoms with Crippen LogP contribution >= 0.6 is 0 Å². The molecule has 3 aliphatic heterocycles. The van der Waals surface area contributed by atoms with E-state index in [0.29, 0.717) is 32.3 Å². The average molecular weight is 697 g/mol. The van der Waals surface area contributed by atoms with Crippen LogP contribution in [0.15, 0.2) is 11.6 Å². The van der Waals surface area contributed by atoms with Crippen molar-refractivity contribution in [2.45, 2.75) is 158 Å². The number of fused-ring (bicyclic) bond motifs is 5. The minimum atomic E-state index is -1.56. The Hall–Kier alpha value is -1.23. The topological polar surface area (TPSA) is 194 Å². The first kappa shape index (κ1) is 36.1. The van der Waals surface area contributed by atoms with Gasteiger partial charge < -0.3 is 59.1 Å². The molecule has 4 aliphatic carbocycles. The first-order valence-corrected chi connectivity index (χ1v) is 18.3. The lowest BCUT2D eigenvalue weighted by molar-refractivity contribution is -0.347. The lowest BCUT2D eigenvalue weighted by atomic mass is 9.42. The number of methoxy groups -OCH3 is 1. The first-order valence-electron chi connectivity index (χ1n) is 18.3. The van der Waals surface area contributed by atoms with Crippen LogP contribution in [0.3, 0.4) is 0 Å². The van der Waals surface area contributed by atoms with E-state index >= 15 is 0 Å². The lowest BCUT2D eigenvalue weighted by Crippen LogP contribution is -2.67. The van der Waals surface area contributed by atoms with Gasteiger partial charge in [0.05, 0.1) is 36.1 Å². The second-order valence-corrected chi connectivity index (χ2v) is 16.6. The Morgan fingerprint density at radius 3 is 2.33 bits per heavy atom. The lowest BCUT2D eigenvalue weighted by Gasteiger charge is -2.66. The van der Waals surface area contributed by atoms with Crippen molar-refractivity contribution in [1.29, 1.82) is 0 Å². The summed E-state index contributed by atoms with van der Waals surface area (Å²) < 4.78 is 35.4. The van der Waals surface area contributed by atoms with Gasteiger partial charge in [-0.2, -0.15) is 0 Å². The SMILES string of the molecule is CO[C@H]1C[C@@H](O[C@H]2CC[C@]3(C)[C@@H]4CC[C@]5(C)[C@H](C6=CC(=O)OC6)CC[C@]5(O)[C@H]4CC[C@@]3(O)C2)O[C@H](C)[C@@H]1O[C@H]1O[C@@H](CO)[C@H](O)[C@@H](O)[C@@H]1O. The number of esters is 1. The van der Waals surface area contributed by atoms with Gasteiger partial charge in [-0.1, -0.05) is 13.8 Å². The molecule has 17 atom stereocenters. The first-order chi connectivity index (χ1) is 23.2. The predicted octanol–water partition coefficient (Wildman–Crippen LogP) is 1.08. The van der Waals surface area contributed by atoms with E-state index in [9.17, 15) is 35.4 Å². The minimum Gasteiger partial charge on any atom is -0.458 e. The van der Waals surface area contributed by atoms with Crippen LogP contribution in [0.2, 0.25) is 0 Å². The maximum absolute atomic E-state index is 12.5. The Morgan fingerprint density at radius 1 is 0.898 bits per heavy atom. The summed E-state index contributed by atoms with van der Waals surface area (Å²) in [6.45, 7) is 5.98. The molecule has 6 fully saturated rings. The van der Waals surface area contributed by atoms with Gasteiger partial charge in [-0.25, -0.2) is 4.79 Å². The van der Waals surface area contributed by atoms with Crippen molar-refractivity contribution in [3.63, 3.8) is 0 Å². The van der Waals surface area contributed by atoms with Crippen molar-refractivity contribution in [3.05, 3.63) is 11.6 Å². The fourth-order valence-electron chi connectivity index (χ4n) is 11.5. The smallest absolute Gasteiger partial charge is 0.331 e. The van der Waals surface area contributed by atoms with Crippen LogP contribution < -0.4 is 0 Å². The highest BCUT2D eigenvalue weighted by Gasteiger charge is 2.70. The van der Waals surface area contributed by atoms with Gasteiger partial charge in [-0.3, -0.25) is 0 Å². The van der Waals surface area contributed by atoms with Gasteiger partial charge >= 0.3 is 5.97 Å². The van der Waals surface area contributed by atoms with E-state index < -0.39 is 73.1 Å². The summed E-state index contributed by atoms with van der Waals surface area (Å²) in [5, 5.41) is 65.4. The number of cyclic esters (lactones) is 1. The van der Waals surface area contributed by atoms with Gasteiger partial charge in [0.15, 0.2) is 12.6 Å². The molecular formula is C36H56O13. The van der Waals surface area contributed by atoms with E-state index in [4.69, 9.17) is 28.4 Å². The van der Waals surface area contributed by atoms with Crippen molar-refractivity contribution in [2.75, 3.05) is 20.3 Å². The second kappa shape index (κ2) is 13.0. The number of ether oxygens (including phenoxy) is 6. The summed E-state index contributed by atoms with van der Waals surface area (Å²) in [5.41, 5.74) is -1.52. The molecule has 49 heavy (non-hydrogen) atoms. The summed E-state index contributed by atoms with van der Waals surface area (Å²) >= 11 is 0.